The van der Waals surface area contributed by atoms with Gasteiger partial charge in [-0.1, -0.05) is 20.8 Å². The fourth-order valence-electron chi connectivity index (χ4n) is 3.41. The van der Waals surface area contributed by atoms with E-state index in [2.05, 4.69) is 20.8 Å². The molecule has 0 aromatic heterocycles. The fourth-order valence-corrected chi connectivity index (χ4v) is 3.41. The molecule has 2 aliphatic heterocycles. The Labute approximate surface area is 128 Å². The average Bonchev–Trinajstić information content (AvgIpc) is 3.34. The van der Waals surface area contributed by atoms with Crippen molar-refractivity contribution < 1.29 is 18.9 Å². The van der Waals surface area contributed by atoms with Gasteiger partial charge in [0.15, 0.2) is 0 Å². The van der Waals surface area contributed by atoms with Crippen LogP contribution in [-0.4, -0.2) is 50.8 Å². The highest BCUT2D eigenvalue weighted by molar-refractivity contribution is 4.99. The summed E-state index contributed by atoms with van der Waals surface area (Å²) in [4.78, 5) is 0. The van der Waals surface area contributed by atoms with Gasteiger partial charge in [-0.3, -0.25) is 0 Å². The molecular weight excluding hydrogens is 268 g/mol. The molecule has 2 bridgehead atoms. The maximum Gasteiger partial charge on any atom is 0.104 e. The van der Waals surface area contributed by atoms with Gasteiger partial charge in [-0.15, -0.1) is 0 Å². The third kappa shape index (κ3) is 4.65. The van der Waals surface area contributed by atoms with E-state index in [1.165, 1.54) is 19.3 Å². The van der Waals surface area contributed by atoms with Gasteiger partial charge in [0.1, 0.15) is 12.2 Å². The van der Waals surface area contributed by atoms with Crippen LogP contribution in [0.2, 0.25) is 0 Å². The molecule has 0 N–H and O–H groups in total. The van der Waals surface area contributed by atoms with Crippen LogP contribution < -0.4 is 0 Å². The monoisotopic (exact) mass is 298 g/mol. The van der Waals surface area contributed by atoms with Gasteiger partial charge in [0.2, 0.25) is 0 Å². The highest BCUT2D eigenvalue weighted by Gasteiger charge is 2.50. The van der Waals surface area contributed by atoms with Crippen LogP contribution in [-0.2, 0) is 18.9 Å². The molecule has 0 spiro atoms. The van der Waals surface area contributed by atoms with Crippen molar-refractivity contribution in [1.82, 2.24) is 0 Å². The number of hydrogen-bond acceptors (Lipinski definition) is 4. The molecule has 6 atom stereocenters. The van der Waals surface area contributed by atoms with Crippen molar-refractivity contribution in [3.8, 4) is 0 Å². The molecule has 21 heavy (non-hydrogen) atoms. The lowest BCUT2D eigenvalue weighted by atomic mass is 9.94. The van der Waals surface area contributed by atoms with E-state index in [0.717, 1.165) is 44.2 Å². The van der Waals surface area contributed by atoms with Gasteiger partial charge in [0.25, 0.3) is 0 Å². The average molecular weight is 298 g/mol. The van der Waals surface area contributed by atoms with E-state index >= 15 is 0 Å². The van der Waals surface area contributed by atoms with E-state index in [-0.39, 0.29) is 0 Å². The Balaban J connectivity index is 0.000000298. The van der Waals surface area contributed by atoms with Gasteiger partial charge in [-0.25, -0.2) is 0 Å². The molecular formula is C17H30O4. The van der Waals surface area contributed by atoms with E-state index in [4.69, 9.17) is 18.9 Å². The van der Waals surface area contributed by atoms with E-state index in [1.54, 1.807) is 0 Å². The number of hydrogen-bond donors (Lipinski definition) is 0. The van der Waals surface area contributed by atoms with Crippen molar-refractivity contribution in [3.05, 3.63) is 0 Å². The summed E-state index contributed by atoms with van der Waals surface area (Å²) in [7, 11) is 0. The minimum absolute atomic E-state index is 0.316. The van der Waals surface area contributed by atoms with Gasteiger partial charge >= 0.3 is 0 Å². The van der Waals surface area contributed by atoms with Crippen LogP contribution in [0, 0.1) is 17.8 Å². The molecule has 4 rings (SSSR count). The van der Waals surface area contributed by atoms with E-state index in [9.17, 15) is 0 Å². The molecule has 4 heteroatoms. The standard InChI is InChI=1S/C13H20O4.C4H10/c1-2-9-3-8(1)12(16-6-10-4-14-10)13(9)17-7-11-5-15-11;1-4(2)3/h8-13H,1-7H2;4H,1-3H3. The second-order valence-electron chi connectivity index (χ2n) is 7.57. The zero-order chi connectivity index (χ0) is 14.8. The van der Waals surface area contributed by atoms with E-state index < -0.39 is 0 Å². The molecule has 122 valence electrons. The van der Waals surface area contributed by atoms with E-state index in [0.29, 0.717) is 24.4 Å². The third-order valence-electron chi connectivity index (χ3n) is 4.52. The second kappa shape index (κ2) is 6.95. The zero-order valence-corrected chi connectivity index (χ0v) is 13.6. The predicted octanol–water partition coefficient (Wildman–Crippen LogP) is 2.65. The predicted molar refractivity (Wildman–Crippen MR) is 80.3 cm³/mol. The van der Waals surface area contributed by atoms with Crippen LogP contribution >= 0.6 is 0 Å². The highest BCUT2D eigenvalue weighted by atomic mass is 16.6. The summed E-state index contributed by atoms with van der Waals surface area (Å²) < 4.78 is 22.5. The third-order valence-corrected chi connectivity index (χ3v) is 4.52. The van der Waals surface area contributed by atoms with Crippen molar-refractivity contribution >= 4 is 0 Å². The van der Waals surface area contributed by atoms with E-state index in [1.807, 2.05) is 0 Å². The van der Waals surface area contributed by atoms with Gasteiger partial charge in [-0.2, -0.15) is 0 Å². The first-order valence-corrected chi connectivity index (χ1v) is 8.60. The lowest BCUT2D eigenvalue weighted by Crippen LogP contribution is -2.38. The summed E-state index contributed by atoms with van der Waals surface area (Å²) in [6.07, 6.45) is 5.30. The molecule has 2 aliphatic carbocycles. The molecule has 6 unspecified atom stereocenters. The van der Waals surface area contributed by atoms with Crippen molar-refractivity contribution in [3.63, 3.8) is 0 Å². The first-order valence-electron chi connectivity index (χ1n) is 8.60. The zero-order valence-electron chi connectivity index (χ0n) is 13.6. The largest absolute Gasteiger partial charge is 0.372 e. The quantitative estimate of drug-likeness (QED) is 0.707. The first-order chi connectivity index (χ1) is 10.1. The Morgan fingerprint density at radius 2 is 1.24 bits per heavy atom. The van der Waals surface area contributed by atoms with Crippen molar-refractivity contribution in [2.75, 3.05) is 26.4 Å². The molecule has 0 radical (unpaired) electrons. The second-order valence-corrected chi connectivity index (χ2v) is 7.57. The summed E-state index contributed by atoms with van der Waals surface area (Å²) in [5.74, 6) is 2.28. The van der Waals surface area contributed by atoms with Crippen LogP contribution in [0.5, 0.6) is 0 Å². The minimum atomic E-state index is 0.316. The molecule has 2 heterocycles. The van der Waals surface area contributed by atoms with Crippen molar-refractivity contribution in [2.45, 2.75) is 64.4 Å². The van der Waals surface area contributed by atoms with Gasteiger partial charge in [0.05, 0.1) is 38.6 Å². The number of epoxide rings is 2. The molecule has 0 amide bonds. The highest BCUT2D eigenvalue weighted by Crippen LogP contribution is 2.47. The van der Waals surface area contributed by atoms with Crippen LogP contribution in [0.15, 0.2) is 0 Å². The Kier molecular flexibility index (Phi) is 5.20. The molecule has 4 nitrogen and oxygen atoms in total. The maximum atomic E-state index is 6.04. The van der Waals surface area contributed by atoms with Crippen LogP contribution in [0.25, 0.3) is 0 Å². The number of ether oxygens (including phenoxy) is 4. The number of rotatable bonds is 6. The van der Waals surface area contributed by atoms with Crippen LogP contribution in [0.3, 0.4) is 0 Å². The SMILES string of the molecule is C1OC1COC1C2CCC(C2)C1OCC1CO1.CC(C)C. The Morgan fingerprint density at radius 3 is 1.57 bits per heavy atom. The molecule has 2 saturated heterocycles. The summed E-state index contributed by atoms with van der Waals surface area (Å²) in [5.41, 5.74) is 0. The van der Waals surface area contributed by atoms with Crippen molar-refractivity contribution in [1.29, 1.82) is 0 Å². The Hall–Kier alpha value is -0.160. The molecule has 2 saturated carbocycles. The smallest absolute Gasteiger partial charge is 0.104 e. The van der Waals surface area contributed by atoms with Crippen molar-refractivity contribution in [2.24, 2.45) is 17.8 Å². The lowest BCUT2D eigenvalue weighted by Gasteiger charge is -2.30. The normalized spacial score (nSPS) is 42.9. The molecule has 4 aliphatic rings. The summed E-state index contributed by atoms with van der Waals surface area (Å²) in [6.45, 7) is 9.77. The minimum Gasteiger partial charge on any atom is -0.372 e. The summed E-state index contributed by atoms with van der Waals surface area (Å²) in [5, 5.41) is 0. The fraction of sp³-hybridized carbons (Fsp3) is 1.00. The van der Waals surface area contributed by atoms with Gasteiger partial charge < -0.3 is 18.9 Å². The van der Waals surface area contributed by atoms with Gasteiger partial charge in [0, 0.05) is 0 Å². The number of fused-ring (bicyclic) bond motifs is 2. The van der Waals surface area contributed by atoms with Crippen LogP contribution in [0.1, 0.15) is 40.0 Å². The molecule has 4 fully saturated rings. The van der Waals surface area contributed by atoms with Crippen LogP contribution in [0.4, 0.5) is 0 Å². The topological polar surface area (TPSA) is 43.5 Å². The summed E-state index contributed by atoms with van der Waals surface area (Å²) in [6, 6.07) is 0. The Bertz CT molecular complexity index is 294. The maximum absolute atomic E-state index is 6.04. The Morgan fingerprint density at radius 1 is 0.857 bits per heavy atom. The van der Waals surface area contributed by atoms with Gasteiger partial charge in [-0.05, 0) is 37.0 Å². The molecule has 0 aromatic rings. The lowest BCUT2D eigenvalue weighted by molar-refractivity contribution is -0.102. The molecule has 0 aromatic carbocycles. The summed E-state index contributed by atoms with van der Waals surface area (Å²) >= 11 is 0. The first kappa shape index (κ1) is 15.7.